The molecule has 0 aromatic heterocycles. The minimum Gasteiger partial charge on any atom is -0.356 e. The van der Waals surface area contributed by atoms with Crippen molar-refractivity contribution in [3.8, 4) is 0 Å². The second-order valence-corrected chi connectivity index (χ2v) is 5.53. The minimum atomic E-state index is 0.141. The smallest absolute Gasteiger partial charge is 0.223 e. The Balaban J connectivity index is 2.35. The fourth-order valence-corrected chi connectivity index (χ4v) is 2.43. The van der Waals surface area contributed by atoms with Gasteiger partial charge in [-0.3, -0.25) is 4.79 Å². The molecule has 1 amide bonds. The first kappa shape index (κ1) is 13.5. The Morgan fingerprint density at radius 3 is 2.69 bits per heavy atom. The first-order valence-corrected chi connectivity index (χ1v) is 6.56. The van der Waals surface area contributed by atoms with Crippen molar-refractivity contribution in [2.45, 2.75) is 52.5 Å². The van der Waals surface area contributed by atoms with E-state index in [2.05, 4.69) is 26.1 Å². The summed E-state index contributed by atoms with van der Waals surface area (Å²) in [7, 11) is 0. The van der Waals surface area contributed by atoms with E-state index < -0.39 is 0 Å². The second-order valence-electron chi connectivity index (χ2n) is 5.53. The van der Waals surface area contributed by atoms with Gasteiger partial charge in [-0.1, -0.05) is 27.2 Å². The van der Waals surface area contributed by atoms with Gasteiger partial charge in [0.05, 0.1) is 0 Å². The predicted molar refractivity (Wildman–Crippen MR) is 66.9 cm³/mol. The molecule has 1 rings (SSSR count). The van der Waals surface area contributed by atoms with Gasteiger partial charge in [0.2, 0.25) is 5.91 Å². The normalized spacial score (nSPS) is 32.1. The van der Waals surface area contributed by atoms with Gasteiger partial charge in [0.25, 0.3) is 0 Å². The number of hydrogen-bond acceptors (Lipinski definition) is 2. The summed E-state index contributed by atoms with van der Waals surface area (Å²) in [5, 5.41) is 3.05. The van der Waals surface area contributed by atoms with Crippen molar-refractivity contribution >= 4 is 5.91 Å². The van der Waals surface area contributed by atoms with Gasteiger partial charge < -0.3 is 11.1 Å². The van der Waals surface area contributed by atoms with E-state index in [1.165, 1.54) is 0 Å². The van der Waals surface area contributed by atoms with Gasteiger partial charge in [0, 0.05) is 18.5 Å². The van der Waals surface area contributed by atoms with Crippen LogP contribution in [0.2, 0.25) is 0 Å². The molecule has 0 radical (unpaired) electrons. The molecule has 1 saturated carbocycles. The Hall–Kier alpha value is -0.570. The Labute approximate surface area is 99.2 Å². The van der Waals surface area contributed by atoms with Crippen LogP contribution in [0.4, 0.5) is 0 Å². The maximum Gasteiger partial charge on any atom is 0.223 e. The van der Waals surface area contributed by atoms with E-state index >= 15 is 0 Å². The zero-order valence-electron chi connectivity index (χ0n) is 10.8. The van der Waals surface area contributed by atoms with Gasteiger partial charge in [-0.2, -0.15) is 0 Å². The van der Waals surface area contributed by atoms with Crippen LogP contribution in [0.25, 0.3) is 0 Å². The van der Waals surface area contributed by atoms with Gasteiger partial charge in [0.1, 0.15) is 0 Å². The third-order valence-electron chi connectivity index (χ3n) is 3.67. The lowest BCUT2D eigenvalue weighted by molar-refractivity contribution is -0.126. The van der Waals surface area contributed by atoms with Crippen LogP contribution in [-0.4, -0.2) is 18.5 Å². The van der Waals surface area contributed by atoms with Crippen molar-refractivity contribution in [2.24, 2.45) is 23.5 Å². The molecule has 16 heavy (non-hydrogen) atoms. The Bertz CT molecular complexity index is 220. The van der Waals surface area contributed by atoms with Crippen LogP contribution in [0.1, 0.15) is 46.5 Å². The van der Waals surface area contributed by atoms with E-state index in [1.807, 2.05) is 0 Å². The van der Waals surface area contributed by atoms with Crippen LogP contribution >= 0.6 is 0 Å². The number of hydrogen-bond donors (Lipinski definition) is 2. The van der Waals surface area contributed by atoms with Crippen molar-refractivity contribution < 1.29 is 4.79 Å². The second kappa shape index (κ2) is 6.24. The lowest BCUT2D eigenvalue weighted by atomic mass is 9.79. The molecular weight excluding hydrogens is 200 g/mol. The number of amides is 1. The summed E-state index contributed by atoms with van der Waals surface area (Å²) in [6.45, 7) is 7.30. The molecule has 3 N–H and O–H groups in total. The predicted octanol–water partition coefficient (Wildman–Crippen LogP) is 1.91. The summed E-state index contributed by atoms with van der Waals surface area (Å²) in [6.07, 6.45) is 4.03. The zero-order valence-corrected chi connectivity index (χ0v) is 10.8. The lowest BCUT2D eigenvalue weighted by Crippen LogP contribution is -2.41. The van der Waals surface area contributed by atoms with Crippen LogP contribution in [0.3, 0.4) is 0 Å². The third-order valence-corrected chi connectivity index (χ3v) is 3.67. The van der Waals surface area contributed by atoms with E-state index in [4.69, 9.17) is 5.73 Å². The molecule has 0 spiro atoms. The molecule has 0 bridgehead atoms. The number of carbonyl (C=O) groups excluding carboxylic acids is 1. The zero-order chi connectivity index (χ0) is 12.1. The van der Waals surface area contributed by atoms with Crippen molar-refractivity contribution in [2.75, 3.05) is 6.54 Å². The SMILES string of the molecule is CCC(C)CNC(=O)C1CC(C)CC(N)C1. The van der Waals surface area contributed by atoms with Crippen molar-refractivity contribution in [3.05, 3.63) is 0 Å². The fourth-order valence-electron chi connectivity index (χ4n) is 2.43. The van der Waals surface area contributed by atoms with Gasteiger partial charge >= 0.3 is 0 Å². The average Bonchev–Trinajstić information content (AvgIpc) is 2.23. The lowest BCUT2D eigenvalue weighted by Gasteiger charge is -2.30. The molecule has 1 aliphatic carbocycles. The summed E-state index contributed by atoms with van der Waals surface area (Å²) in [6, 6.07) is 0.211. The Kier molecular flexibility index (Phi) is 5.26. The number of carbonyl (C=O) groups is 1. The van der Waals surface area contributed by atoms with E-state index in [1.54, 1.807) is 0 Å². The molecule has 0 aromatic carbocycles. The van der Waals surface area contributed by atoms with Crippen molar-refractivity contribution in [3.63, 3.8) is 0 Å². The molecule has 4 unspecified atom stereocenters. The highest BCUT2D eigenvalue weighted by molar-refractivity contribution is 5.78. The molecule has 4 atom stereocenters. The largest absolute Gasteiger partial charge is 0.356 e. The van der Waals surface area contributed by atoms with E-state index in [0.29, 0.717) is 11.8 Å². The Morgan fingerprint density at radius 1 is 1.44 bits per heavy atom. The summed E-state index contributed by atoms with van der Waals surface area (Å²) >= 11 is 0. The maximum absolute atomic E-state index is 11.9. The molecule has 0 heterocycles. The highest BCUT2D eigenvalue weighted by Crippen LogP contribution is 2.28. The maximum atomic E-state index is 11.9. The van der Waals surface area contributed by atoms with Crippen LogP contribution in [0, 0.1) is 17.8 Å². The monoisotopic (exact) mass is 226 g/mol. The van der Waals surface area contributed by atoms with Gasteiger partial charge in [-0.15, -0.1) is 0 Å². The number of nitrogens with two attached hydrogens (primary N) is 1. The molecule has 0 aliphatic heterocycles. The van der Waals surface area contributed by atoms with Crippen LogP contribution in [0.15, 0.2) is 0 Å². The highest BCUT2D eigenvalue weighted by atomic mass is 16.1. The van der Waals surface area contributed by atoms with E-state index in [9.17, 15) is 4.79 Å². The standard InChI is InChI=1S/C13H26N2O/c1-4-9(2)8-15-13(16)11-5-10(3)6-12(14)7-11/h9-12H,4-8,14H2,1-3H3,(H,15,16). The minimum absolute atomic E-state index is 0.141. The molecule has 0 saturated heterocycles. The van der Waals surface area contributed by atoms with Gasteiger partial charge in [-0.05, 0) is 31.1 Å². The molecule has 0 aromatic rings. The summed E-state index contributed by atoms with van der Waals surface area (Å²) in [5.74, 6) is 1.51. The number of rotatable bonds is 4. The van der Waals surface area contributed by atoms with Crippen molar-refractivity contribution in [1.82, 2.24) is 5.32 Å². The highest BCUT2D eigenvalue weighted by Gasteiger charge is 2.29. The molecular formula is C13H26N2O. The van der Waals surface area contributed by atoms with Crippen molar-refractivity contribution in [1.29, 1.82) is 0 Å². The molecule has 1 fully saturated rings. The molecule has 94 valence electrons. The summed E-state index contributed by atoms with van der Waals surface area (Å²) < 4.78 is 0. The quantitative estimate of drug-likeness (QED) is 0.769. The van der Waals surface area contributed by atoms with Crippen LogP contribution in [0.5, 0.6) is 0 Å². The third kappa shape index (κ3) is 4.12. The first-order valence-electron chi connectivity index (χ1n) is 6.56. The fraction of sp³-hybridized carbons (Fsp3) is 0.923. The summed E-state index contributed by atoms with van der Waals surface area (Å²) in [5.41, 5.74) is 5.96. The summed E-state index contributed by atoms with van der Waals surface area (Å²) in [4.78, 5) is 11.9. The molecule has 3 heteroatoms. The van der Waals surface area contributed by atoms with E-state index in [-0.39, 0.29) is 17.9 Å². The van der Waals surface area contributed by atoms with E-state index in [0.717, 1.165) is 32.2 Å². The molecule has 1 aliphatic rings. The molecule has 3 nitrogen and oxygen atoms in total. The topological polar surface area (TPSA) is 55.1 Å². The van der Waals surface area contributed by atoms with Gasteiger partial charge in [-0.25, -0.2) is 0 Å². The van der Waals surface area contributed by atoms with Crippen LogP contribution in [-0.2, 0) is 4.79 Å². The first-order chi connectivity index (χ1) is 7.52. The number of nitrogens with one attached hydrogen (secondary N) is 1. The average molecular weight is 226 g/mol. The Morgan fingerprint density at radius 2 is 2.12 bits per heavy atom. The van der Waals surface area contributed by atoms with Crippen LogP contribution < -0.4 is 11.1 Å². The van der Waals surface area contributed by atoms with Gasteiger partial charge in [0.15, 0.2) is 0 Å².